The molecule has 2 aromatic carbocycles. The molecular weight excluding hydrogens is 517 g/mol. The molecule has 8 nitrogen and oxygen atoms in total. The van der Waals surface area contributed by atoms with E-state index in [1.807, 2.05) is 20.8 Å². The number of sulfonamides is 1. The predicted molar refractivity (Wildman–Crippen MR) is 143 cm³/mol. The summed E-state index contributed by atoms with van der Waals surface area (Å²) in [5, 5.41) is 5.26. The van der Waals surface area contributed by atoms with E-state index >= 15 is 0 Å². The van der Waals surface area contributed by atoms with Crippen LogP contribution >= 0.6 is 0 Å². The number of halogens is 1. The van der Waals surface area contributed by atoms with Crippen LogP contribution in [0, 0.1) is 5.82 Å². The van der Waals surface area contributed by atoms with Gasteiger partial charge in [-0.3, -0.25) is 9.59 Å². The number of aromatic nitrogens is 1. The van der Waals surface area contributed by atoms with Gasteiger partial charge in [0.1, 0.15) is 10.6 Å². The largest absolute Gasteiger partial charge is 0.598 e. The summed E-state index contributed by atoms with van der Waals surface area (Å²) in [6, 6.07) is 10.4. The Hall–Kier alpha value is -2.83. The SMILES string of the molecule is C[C@H](N[S+]([O-])C(C)(C)C)c1cc(=O)n(C)cc1-c1cc(CS(N)(=O)=O)ccc1C(=O)c1ccc(F)cc1. The first-order valence-electron chi connectivity index (χ1n) is 11.4. The van der Waals surface area contributed by atoms with Crippen LogP contribution in [-0.2, 0) is 34.2 Å². The molecule has 37 heavy (non-hydrogen) atoms. The first-order chi connectivity index (χ1) is 17.1. The van der Waals surface area contributed by atoms with Gasteiger partial charge in [0.2, 0.25) is 10.0 Å². The van der Waals surface area contributed by atoms with E-state index in [2.05, 4.69) is 4.72 Å². The summed E-state index contributed by atoms with van der Waals surface area (Å²) < 4.78 is 53.6. The van der Waals surface area contributed by atoms with E-state index in [-0.39, 0.29) is 16.7 Å². The summed E-state index contributed by atoms with van der Waals surface area (Å²) in [4.78, 5) is 26.1. The highest BCUT2D eigenvalue weighted by Gasteiger charge is 2.30. The quantitative estimate of drug-likeness (QED) is 0.328. The summed E-state index contributed by atoms with van der Waals surface area (Å²) >= 11 is -1.47. The van der Waals surface area contributed by atoms with Crippen molar-refractivity contribution in [2.24, 2.45) is 12.2 Å². The molecule has 0 bridgehead atoms. The van der Waals surface area contributed by atoms with E-state index in [0.717, 1.165) is 0 Å². The molecule has 0 saturated heterocycles. The van der Waals surface area contributed by atoms with Crippen molar-refractivity contribution in [3.05, 3.63) is 93.2 Å². The molecule has 3 N–H and O–H groups in total. The number of carbonyl (C=O) groups excluding carboxylic acids is 1. The second kappa shape index (κ2) is 10.9. The molecule has 0 fully saturated rings. The third-order valence-electron chi connectivity index (χ3n) is 5.66. The highest BCUT2D eigenvalue weighted by molar-refractivity contribution is 7.90. The fourth-order valence-corrected chi connectivity index (χ4v) is 5.17. The van der Waals surface area contributed by atoms with Crippen LogP contribution in [0.5, 0.6) is 0 Å². The van der Waals surface area contributed by atoms with Gasteiger partial charge in [0.05, 0.1) is 11.8 Å². The molecule has 0 radical (unpaired) electrons. The Morgan fingerprint density at radius 1 is 1.14 bits per heavy atom. The third-order valence-corrected chi connectivity index (χ3v) is 8.08. The van der Waals surface area contributed by atoms with Crippen molar-refractivity contribution < 1.29 is 22.2 Å². The fourth-order valence-electron chi connectivity index (χ4n) is 3.72. The number of hydrogen-bond donors (Lipinski definition) is 2. The maximum atomic E-state index is 13.5. The van der Waals surface area contributed by atoms with Crippen LogP contribution in [0.15, 0.2) is 59.5 Å². The van der Waals surface area contributed by atoms with Crippen LogP contribution in [0.3, 0.4) is 0 Å². The molecule has 0 aliphatic heterocycles. The number of benzene rings is 2. The highest BCUT2D eigenvalue weighted by atomic mass is 32.2. The summed E-state index contributed by atoms with van der Waals surface area (Å²) in [5.41, 5.74) is 1.77. The Balaban J connectivity index is 2.26. The number of hydrogen-bond acceptors (Lipinski definition) is 6. The van der Waals surface area contributed by atoms with Crippen molar-refractivity contribution in [1.82, 2.24) is 9.29 Å². The Kier molecular flexibility index (Phi) is 8.45. The minimum atomic E-state index is -3.87. The zero-order valence-corrected chi connectivity index (χ0v) is 22.9. The third kappa shape index (κ3) is 7.14. The number of aryl methyl sites for hydroxylation is 1. The molecule has 0 aliphatic carbocycles. The van der Waals surface area contributed by atoms with Crippen LogP contribution in [0.4, 0.5) is 4.39 Å². The van der Waals surface area contributed by atoms with E-state index < -0.39 is 49.5 Å². The van der Waals surface area contributed by atoms with Gasteiger partial charge in [-0.05, 0) is 74.7 Å². The predicted octanol–water partition coefficient (Wildman–Crippen LogP) is 3.32. The Morgan fingerprint density at radius 2 is 1.76 bits per heavy atom. The average molecular weight is 548 g/mol. The van der Waals surface area contributed by atoms with Crippen molar-refractivity contribution in [2.45, 2.75) is 44.2 Å². The molecule has 0 aliphatic rings. The van der Waals surface area contributed by atoms with Gasteiger partial charge < -0.3 is 9.12 Å². The number of pyridine rings is 1. The van der Waals surface area contributed by atoms with Gasteiger partial charge in [-0.15, -0.1) is 4.72 Å². The van der Waals surface area contributed by atoms with E-state index in [0.29, 0.717) is 22.3 Å². The lowest BCUT2D eigenvalue weighted by molar-refractivity contribution is 0.103. The maximum Gasteiger partial charge on any atom is 0.250 e. The average Bonchev–Trinajstić information content (AvgIpc) is 2.78. The molecule has 2 atom stereocenters. The molecule has 1 heterocycles. The van der Waals surface area contributed by atoms with E-state index in [1.54, 1.807) is 20.2 Å². The Labute approximate surface area is 219 Å². The van der Waals surface area contributed by atoms with Crippen LogP contribution in [0.25, 0.3) is 11.1 Å². The lowest BCUT2D eigenvalue weighted by Crippen LogP contribution is -2.41. The summed E-state index contributed by atoms with van der Waals surface area (Å²) in [5.74, 6) is -1.38. The zero-order chi connectivity index (χ0) is 27.7. The van der Waals surface area contributed by atoms with Gasteiger partial charge in [-0.25, -0.2) is 17.9 Å². The first kappa shape index (κ1) is 28.7. The van der Waals surface area contributed by atoms with Crippen LogP contribution in [-0.4, -0.2) is 28.1 Å². The van der Waals surface area contributed by atoms with Crippen molar-refractivity contribution in [1.29, 1.82) is 0 Å². The summed E-state index contributed by atoms with van der Waals surface area (Å²) in [6.45, 7) is 7.18. The van der Waals surface area contributed by atoms with Crippen molar-refractivity contribution in [3.63, 3.8) is 0 Å². The highest BCUT2D eigenvalue weighted by Crippen LogP contribution is 2.33. The van der Waals surface area contributed by atoms with Crippen LogP contribution < -0.4 is 15.4 Å². The zero-order valence-electron chi connectivity index (χ0n) is 21.2. The summed E-state index contributed by atoms with van der Waals surface area (Å²) in [7, 11) is -2.32. The van der Waals surface area contributed by atoms with Crippen molar-refractivity contribution in [2.75, 3.05) is 0 Å². The van der Waals surface area contributed by atoms with E-state index in [4.69, 9.17) is 5.14 Å². The smallest absolute Gasteiger partial charge is 0.250 e. The van der Waals surface area contributed by atoms with E-state index in [1.165, 1.54) is 53.1 Å². The number of primary sulfonamides is 1. The number of rotatable bonds is 8. The van der Waals surface area contributed by atoms with Crippen LogP contribution in [0.1, 0.15) is 60.8 Å². The molecule has 0 saturated carbocycles. The van der Waals surface area contributed by atoms with Gasteiger partial charge in [0.25, 0.3) is 5.56 Å². The minimum absolute atomic E-state index is 0.217. The minimum Gasteiger partial charge on any atom is -0.598 e. The molecule has 1 aromatic heterocycles. The standard InChI is InChI=1S/C26H30FN3O5S2/c1-16(29-36(33)26(2,3)4)21-13-24(31)30(5)14-23(21)22-12-17(15-37(28,34)35)6-11-20(22)25(32)18-7-9-19(27)10-8-18/h6-14,16,29H,15H2,1-5H3,(H2,28,34,35)/t16-,36?/m0/s1. The monoisotopic (exact) mass is 547 g/mol. The number of carbonyl (C=O) groups is 1. The second-order valence-electron chi connectivity index (χ2n) is 9.84. The topological polar surface area (TPSA) is 134 Å². The van der Waals surface area contributed by atoms with Gasteiger partial charge >= 0.3 is 0 Å². The number of nitrogens with zero attached hydrogens (tertiary/aromatic N) is 1. The Bertz CT molecular complexity index is 1480. The normalized spacial score (nSPS) is 13.8. The molecule has 0 amide bonds. The molecule has 3 rings (SSSR count). The molecule has 11 heteroatoms. The lowest BCUT2D eigenvalue weighted by atomic mass is 9.89. The van der Waals surface area contributed by atoms with E-state index in [9.17, 15) is 27.0 Å². The fraction of sp³-hybridized carbons (Fsp3) is 0.308. The Morgan fingerprint density at radius 3 is 2.32 bits per heavy atom. The van der Waals surface area contributed by atoms with Gasteiger partial charge in [0, 0.05) is 47.4 Å². The molecule has 0 spiro atoms. The van der Waals surface area contributed by atoms with Crippen LogP contribution in [0.2, 0.25) is 0 Å². The lowest BCUT2D eigenvalue weighted by Gasteiger charge is -2.27. The number of nitrogens with one attached hydrogen (secondary N) is 1. The summed E-state index contributed by atoms with van der Waals surface area (Å²) in [6.07, 6.45) is 1.55. The number of ketones is 1. The van der Waals surface area contributed by atoms with Gasteiger partial charge in [-0.2, -0.15) is 0 Å². The molecule has 1 unspecified atom stereocenters. The maximum absolute atomic E-state index is 13.5. The molecule has 3 aromatic rings. The number of nitrogens with two attached hydrogens (primary N) is 1. The first-order valence-corrected chi connectivity index (χ1v) is 14.3. The molecule has 198 valence electrons. The van der Waals surface area contributed by atoms with Gasteiger partial charge in [0.15, 0.2) is 5.78 Å². The van der Waals surface area contributed by atoms with Crippen molar-refractivity contribution >= 4 is 27.2 Å². The molecular formula is C26H30FN3O5S2. The van der Waals surface area contributed by atoms with Crippen molar-refractivity contribution in [3.8, 4) is 11.1 Å². The van der Waals surface area contributed by atoms with Gasteiger partial charge in [-0.1, -0.05) is 12.1 Å². The second-order valence-corrected chi connectivity index (χ2v) is 13.4.